The minimum Gasteiger partial charge on any atom is -0.385 e. The van der Waals surface area contributed by atoms with Crippen LogP contribution in [-0.4, -0.2) is 26.3 Å². The van der Waals surface area contributed by atoms with E-state index in [0.29, 0.717) is 0 Å². The Morgan fingerprint density at radius 1 is 1.60 bits per heavy atom. The lowest BCUT2D eigenvalue weighted by Gasteiger charge is -2.05. The first-order valence-corrected chi connectivity index (χ1v) is 4.05. The van der Waals surface area contributed by atoms with Crippen molar-refractivity contribution in [3.05, 3.63) is 0 Å². The Kier molecular flexibility index (Phi) is 3.16. The fourth-order valence-electron chi connectivity index (χ4n) is 1.54. The minimum atomic E-state index is 0.724. The van der Waals surface area contributed by atoms with Gasteiger partial charge in [-0.05, 0) is 32.2 Å². The minimum absolute atomic E-state index is 0.724. The van der Waals surface area contributed by atoms with Gasteiger partial charge in [-0.1, -0.05) is 0 Å². The lowest BCUT2D eigenvalue weighted by atomic mass is 10.0. The third-order valence-electron chi connectivity index (χ3n) is 2.17. The molecular formula is C8H17NO. The standard InChI is InChI=1S/C8H17NO/c1-7-5-8(6-9-7)3-4-10-2/h7-9H,3-6H2,1-2H3/t7-,8-/m1/s1. The van der Waals surface area contributed by atoms with Crippen LogP contribution in [-0.2, 0) is 4.74 Å². The average Bonchev–Trinajstić information content (AvgIpc) is 2.31. The maximum atomic E-state index is 5.01. The zero-order valence-corrected chi connectivity index (χ0v) is 6.89. The van der Waals surface area contributed by atoms with Gasteiger partial charge in [0.05, 0.1) is 0 Å². The number of hydrogen-bond acceptors (Lipinski definition) is 2. The van der Waals surface area contributed by atoms with E-state index in [4.69, 9.17) is 4.74 Å². The molecule has 0 saturated carbocycles. The van der Waals surface area contributed by atoms with Gasteiger partial charge in [0.1, 0.15) is 0 Å². The highest BCUT2D eigenvalue weighted by atomic mass is 16.5. The number of nitrogens with one attached hydrogen (secondary N) is 1. The molecule has 0 unspecified atom stereocenters. The highest BCUT2D eigenvalue weighted by Gasteiger charge is 2.19. The molecule has 0 aromatic heterocycles. The smallest absolute Gasteiger partial charge is 0.0465 e. The van der Waals surface area contributed by atoms with Crippen LogP contribution < -0.4 is 5.32 Å². The van der Waals surface area contributed by atoms with Gasteiger partial charge >= 0.3 is 0 Å². The fourth-order valence-corrected chi connectivity index (χ4v) is 1.54. The van der Waals surface area contributed by atoms with Gasteiger partial charge in [0.15, 0.2) is 0 Å². The third-order valence-corrected chi connectivity index (χ3v) is 2.17. The Balaban J connectivity index is 2.06. The van der Waals surface area contributed by atoms with E-state index in [1.807, 2.05) is 0 Å². The third kappa shape index (κ3) is 2.27. The van der Waals surface area contributed by atoms with E-state index in [9.17, 15) is 0 Å². The van der Waals surface area contributed by atoms with Gasteiger partial charge in [-0.15, -0.1) is 0 Å². The summed E-state index contributed by atoms with van der Waals surface area (Å²) in [4.78, 5) is 0. The quantitative estimate of drug-likeness (QED) is 0.637. The number of methoxy groups -OCH3 is 1. The second kappa shape index (κ2) is 3.94. The zero-order chi connectivity index (χ0) is 7.40. The first-order valence-electron chi connectivity index (χ1n) is 4.05. The molecule has 1 saturated heterocycles. The van der Waals surface area contributed by atoms with Crippen LogP contribution in [0.25, 0.3) is 0 Å². The van der Waals surface area contributed by atoms with E-state index in [1.165, 1.54) is 19.4 Å². The molecule has 1 fully saturated rings. The molecular weight excluding hydrogens is 126 g/mol. The molecule has 60 valence electrons. The predicted octanol–water partition coefficient (Wildman–Crippen LogP) is 1.02. The molecule has 1 aliphatic heterocycles. The molecule has 0 aromatic carbocycles. The summed E-state index contributed by atoms with van der Waals surface area (Å²) in [5.41, 5.74) is 0. The van der Waals surface area contributed by atoms with Crippen molar-refractivity contribution in [3.63, 3.8) is 0 Å². The SMILES string of the molecule is COCC[C@H]1CN[C@H](C)C1. The Morgan fingerprint density at radius 2 is 2.40 bits per heavy atom. The molecule has 1 N–H and O–H groups in total. The van der Waals surface area contributed by atoms with E-state index in [0.717, 1.165) is 18.6 Å². The molecule has 0 radical (unpaired) electrons. The van der Waals surface area contributed by atoms with Crippen LogP contribution in [0.4, 0.5) is 0 Å². The van der Waals surface area contributed by atoms with Crippen molar-refractivity contribution in [3.8, 4) is 0 Å². The van der Waals surface area contributed by atoms with Gasteiger partial charge in [-0.2, -0.15) is 0 Å². The van der Waals surface area contributed by atoms with Crippen LogP contribution in [0.2, 0.25) is 0 Å². The van der Waals surface area contributed by atoms with Gasteiger partial charge in [-0.3, -0.25) is 0 Å². The predicted molar refractivity (Wildman–Crippen MR) is 42.1 cm³/mol. The molecule has 10 heavy (non-hydrogen) atoms. The number of hydrogen-bond donors (Lipinski definition) is 1. The lowest BCUT2D eigenvalue weighted by Crippen LogP contribution is -2.16. The summed E-state index contributed by atoms with van der Waals surface area (Å²) in [6, 6.07) is 0.724. The molecule has 2 nitrogen and oxygen atoms in total. The van der Waals surface area contributed by atoms with Crippen molar-refractivity contribution < 1.29 is 4.74 Å². The fraction of sp³-hybridized carbons (Fsp3) is 1.00. The summed E-state index contributed by atoms with van der Waals surface area (Å²) in [6.45, 7) is 4.34. The van der Waals surface area contributed by atoms with Crippen LogP contribution in [0.3, 0.4) is 0 Å². The second-order valence-electron chi connectivity index (χ2n) is 3.19. The van der Waals surface area contributed by atoms with Crippen molar-refractivity contribution in [2.45, 2.75) is 25.8 Å². The molecule has 0 spiro atoms. The largest absolute Gasteiger partial charge is 0.385 e. The van der Waals surface area contributed by atoms with Crippen LogP contribution in [0.5, 0.6) is 0 Å². The van der Waals surface area contributed by atoms with Crippen molar-refractivity contribution in [2.75, 3.05) is 20.3 Å². The topological polar surface area (TPSA) is 21.3 Å². The Labute approximate surface area is 63.0 Å². The number of rotatable bonds is 3. The second-order valence-corrected chi connectivity index (χ2v) is 3.19. The summed E-state index contributed by atoms with van der Waals surface area (Å²) in [6.07, 6.45) is 2.54. The normalized spacial score (nSPS) is 33.0. The lowest BCUT2D eigenvalue weighted by molar-refractivity contribution is 0.180. The van der Waals surface area contributed by atoms with Crippen LogP contribution in [0.1, 0.15) is 19.8 Å². The summed E-state index contributed by atoms with van der Waals surface area (Å²) in [5.74, 6) is 0.856. The highest BCUT2D eigenvalue weighted by molar-refractivity contribution is 4.77. The first kappa shape index (κ1) is 8.02. The maximum absolute atomic E-state index is 5.01. The maximum Gasteiger partial charge on any atom is 0.0465 e. The monoisotopic (exact) mass is 143 g/mol. The van der Waals surface area contributed by atoms with Crippen LogP contribution >= 0.6 is 0 Å². The molecule has 1 rings (SSSR count). The van der Waals surface area contributed by atoms with Crippen molar-refractivity contribution >= 4 is 0 Å². The van der Waals surface area contributed by atoms with Crippen molar-refractivity contribution in [1.82, 2.24) is 5.32 Å². The van der Waals surface area contributed by atoms with Crippen LogP contribution in [0, 0.1) is 5.92 Å². The summed E-state index contributed by atoms with van der Waals surface area (Å²) in [5, 5.41) is 3.42. The Hall–Kier alpha value is -0.0800. The Morgan fingerprint density at radius 3 is 2.90 bits per heavy atom. The van der Waals surface area contributed by atoms with Gasteiger partial charge in [0.25, 0.3) is 0 Å². The molecule has 0 bridgehead atoms. The molecule has 0 aliphatic carbocycles. The van der Waals surface area contributed by atoms with Gasteiger partial charge in [0.2, 0.25) is 0 Å². The average molecular weight is 143 g/mol. The van der Waals surface area contributed by atoms with Gasteiger partial charge < -0.3 is 10.1 Å². The van der Waals surface area contributed by atoms with E-state index >= 15 is 0 Å². The summed E-state index contributed by atoms with van der Waals surface area (Å²) < 4.78 is 5.01. The van der Waals surface area contributed by atoms with Crippen LogP contribution in [0.15, 0.2) is 0 Å². The first-order chi connectivity index (χ1) is 4.83. The molecule has 0 aromatic rings. The number of ether oxygens (including phenoxy) is 1. The van der Waals surface area contributed by atoms with E-state index in [2.05, 4.69) is 12.2 Å². The summed E-state index contributed by atoms with van der Waals surface area (Å²) in [7, 11) is 1.77. The highest BCUT2D eigenvalue weighted by Crippen LogP contribution is 2.16. The zero-order valence-electron chi connectivity index (χ0n) is 6.89. The Bertz CT molecular complexity index is 95.3. The molecule has 1 heterocycles. The van der Waals surface area contributed by atoms with E-state index < -0.39 is 0 Å². The van der Waals surface area contributed by atoms with E-state index in [-0.39, 0.29) is 0 Å². The molecule has 0 amide bonds. The summed E-state index contributed by atoms with van der Waals surface area (Å²) >= 11 is 0. The van der Waals surface area contributed by atoms with Crippen molar-refractivity contribution in [2.24, 2.45) is 5.92 Å². The van der Waals surface area contributed by atoms with E-state index in [1.54, 1.807) is 7.11 Å². The van der Waals surface area contributed by atoms with Gasteiger partial charge in [0, 0.05) is 19.8 Å². The van der Waals surface area contributed by atoms with Crippen molar-refractivity contribution in [1.29, 1.82) is 0 Å². The molecule has 1 aliphatic rings. The molecule has 2 heteroatoms. The van der Waals surface area contributed by atoms with Gasteiger partial charge in [-0.25, -0.2) is 0 Å². The molecule has 2 atom stereocenters.